The minimum absolute atomic E-state index is 0.0120. The summed E-state index contributed by atoms with van der Waals surface area (Å²) in [4.78, 5) is 11.6. The monoisotopic (exact) mass is 387 g/mol. The Hall–Kier alpha value is -1.60. The molecule has 2 aromatic rings. The molecule has 5 nitrogen and oxygen atoms in total. The molecule has 0 aliphatic rings. The van der Waals surface area contributed by atoms with Gasteiger partial charge in [-0.2, -0.15) is 0 Å². The number of halogens is 2. The van der Waals surface area contributed by atoms with Crippen LogP contribution in [0.15, 0.2) is 47.4 Å². The molecule has 1 N–H and O–H groups in total. The number of ether oxygens (including phenoxy) is 1. The van der Waals surface area contributed by atoms with Gasteiger partial charge in [-0.05, 0) is 36.2 Å². The number of benzene rings is 2. The van der Waals surface area contributed by atoms with E-state index in [9.17, 15) is 13.2 Å². The van der Waals surface area contributed by atoms with Crippen LogP contribution in [0.4, 0.5) is 0 Å². The first-order valence-electron chi connectivity index (χ1n) is 6.96. The third-order valence-corrected chi connectivity index (χ3v) is 5.53. The van der Waals surface area contributed by atoms with E-state index in [1.165, 1.54) is 19.2 Å². The van der Waals surface area contributed by atoms with Gasteiger partial charge in [0.1, 0.15) is 0 Å². The fourth-order valence-electron chi connectivity index (χ4n) is 2.08. The maximum atomic E-state index is 12.4. The predicted octanol–water partition coefficient (Wildman–Crippen LogP) is 3.30. The Kier molecular flexibility index (Phi) is 6.23. The lowest BCUT2D eigenvalue weighted by Gasteiger charge is -2.10. The summed E-state index contributed by atoms with van der Waals surface area (Å²) in [5, 5.41) is 0.848. The van der Waals surface area contributed by atoms with Crippen LogP contribution in [-0.4, -0.2) is 28.0 Å². The Morgan fingerprint density at radius 2 is 1.83 bits per heavy atom. The van der Waals surface area contributed by atoms with Crippen molar-refractivity contribution in [1.82, 2.24) is 4.72 Å². The number of sulfonamides is 1. The first-order chi connectivity index (χ1) is 11.3. The number of carbonyl (C=O) groups excluding carboxylic acids is 1. The van der Waals surface area contributed by atoms with E-state index in [1.54, 1.807) is 30.3 Å². The molecule has 2 rings (SSSR count). The van der Waals surface area contributed by atoms with Gasteiger partial charge >= 0.3 is 5.97 Å². The van der Waals surface area contributed by atoms with Gasteiger partial charge in [-0.15, -0.1) is 0 Å². The molecule has 0 fully saturated rings. The highest BCUT2D eigenvalue weighted by Crippen LogP contribution is 2.23. The van der Waals surface area contributed by atoms with Gasteiger partial charge in [-0.25, -0.2) is 17.9 Å². The first-order valence-corrected chi connectivity index (χ1v) is 9.20. The molecule has 0 amide bonds. The maximum absolute atomic E-state index is 12.4. The van der Waals surface area contributed by atoms with Crippen molar-refractivity contribution in [3.63, 3.8) is 0 Å². The minimum atomic E-state index is -3.84. The summed E-state index contributed by atoms with van der Waals surface area (Å²) in [6.07, 6.45) is 0.427. The molecule has 0 atom stereocenters. The van der Waals surface area contributed by atoms with Crippen LogP contribution in [0.5, 0.6) is 0 Å². The molecular weight excluding hydrogens is 373 g/mol. The molecule has 0 radical (unpaired) electrons. The van der Waals surface area contributed by atoms with Crippen LogP contribution in [0.3, 0.4) is 0 Å². The zero-order chi connectivity index (χ0) is 17.7. The summed E-state index contributed by atoms with van der Waals surface area (Å²) in [6, 6.07) is 11.0. The van der Waals surface area contributed by atoms with Gasteiger partial charge in [-0.3, -0.25) is 0 Å². The number of nitrogens with one attached hydrogen (secondary N) is 1. The molecule has 8 heteroatoms. The number of carbonyl (C=O) groups is 1. The third kappa shape index (κ3) is 4.48. The Morgan fingerprint density at radius 3 is 2.50 bits per heavy atom. The quantitative estimate of drug-likeness (QED) is 0.771. The molecule has 0 spiro atoms. The van der Waals surface area contributed by atoms with E-state index in [2.05, 4.69) is 9.46 Å². The summed E-state index contributed by atoms with van der Waals surface area (Å²) in [5.74, 6) is -0.708. The first kappa shape index (κ1) is 18.7. The average Bonchev–Trinajstić information content (AvgIpc) is 2.57. The number of esters is 1. The SMILES string of the molecule is COC(=O)c1ccccc1S(=O)(=O)NCCc1ccc(Cl)c(Cl)c1. The second kappa shape index (κ2) is 7.98. The van der Waals surface area contributed by atoms with Gasteiger partial charge in [0.2, 0.25) is 10.0 Å². The van der Waals surface area contributed by atoms with Crippen molar-refractivity contribution in [2.45, 2.75) is 11.3 Å². The van der Waals surface area contributed by atoms with Gasteiger partial charge in [0, 0.05) is 6.54 Å². The van der Waals surface area contributed by atoms with E-state index in [0.29, 0.717) is 16.5 Å². The number of methoxy groups -OCH3 is 1. The predicted molar refractivity (Wildman–Crippen MR) is 93.1 cm³/mol. The molecule has 0 saturated heterocycles. The summed E-state index contributed by atoms with van der Waals surface area (Å²) in [5.41, 5.74) is 0.829. The molecule has 0 unspecified atom stereocenters. The van der Waals surface area contributed by atoms with Crippen LogP contribution in [0, 0.1) is 0 Å². The van der Waals surface area contributed by atoms with E-state index in [0.717, 1.165) is 5.56 Å². The van der Waals surface area contributed by atoms with Crippen LogP contribution >= 0.6 is 23.2 Å². The number of hydrogen-bond donors (Lipinski definition) is 1. The summed E-state index contributed by atoms with van der Waals surface area (Å²) in [6.45, 7) is 0.149. The zero-order valence-corrected chi connectivity index (χ0v) is 15.1. The van der Waals surface area contributed by atoms with E-state index in [1.807, 2.05) is 0 Å². The van der Waals surface area contributed by atoms with Crippen LogP contribution in [-0.2, 0) is 21.2 Å². The summed E-state index contributed by atoms with van der Waals surface area (Å²) in [7, 11) is -2.65. The van der Waals surface area contributed by atoms with Gasteiger partial charge in [0.15, 0.2) is 0 Å². The van der Waals surface area contributed by atoms with Crippen LogP contribution in [0.1, 0.15) is 15.9 Å². The van der Waals surface area contributed by atoms with E-state index >= 15 is 0 Å². The Balaban J connectivity index is 2.12. The molecule has 2 aromatic carbocycles. The normalized spacial score (nSPS) is 11.3. The summed E-state index contributed by atoms with van der Waals surface area (Å²) < 4.78 is 31.9. The molecule has 0 aliphatic heterocycles. The molecule has 128 valence electrons. The van der Waals surface area contributed by atoms with Crippen LogP contribution < -0.4 is 4.72 Å². The standard InChI is InChI=1S/C16H15Cl2NO4S/c1-23-16(20)12-4-2-3-5-15(12)24(21,22)19-9-8-11-6-7-13(17)14(18)10-11/h2-7,10,19H,8-9H2,1H3. The third-order valence-electron chi connectivity index (χ3n) is 3.27. The van der Waals surface area contributed by atoms with Crippen molar-refractivity contribution in [1.29, 1.82) is 0 Å². The number of rotatable bonds is 6. The number of hydrogen-bond acceptors (Lipinski definition) is 4. The smallest absolute Gasteiger partial charge is 0.339 e. The highest BCUT2D eigenvalue weighted by atomic mass is 35.5. The van der Waals surface area contributed by atoms with Gasteiger partial charge in [0.05, 0.1) is 27.6 Å². The molecule has 0 bridgehead atoms. The van der Waals surface area contributed by atoms with Crippen LogP contribution in [0.25, 0.3) is 0 Å². The van der Waals surface area contributed by atoms with Gasteiger partial charge in [0.25, 0.3) is 0 Å². The van der Waals surface area contributed by atoms with Crippen molar-refractivity contribution in [2.75, 3.05) is 13.7 Å². The Bertz CT molecular complexity index is 853. The van der Waals surface area contributed by atoms with E-state index in [-0.39, 0.29) is 17.0 Å². The van der Waals surface area contributed by atoms with Crippen molar-refractivity contribution in [3.8, 4) is 0 Å². The molecule has 0 saturated carbocycles. The Labute approximate surface area is 150 Å². The highest BCUT2D eigenvalue weighted by molar-refractivity contribution is 7.89. The highest BCUT2D eigenvalue weighted by Gasteiger charge is 2.22. The second-order valence-corrected chi connectivity index (χ2v) is 7.43. The molecular formula is C16H15Cl2NO4S. The fraction of sp³-hybridized carbons (Fsp3) is 0.188. The lowest BCUT2D eigenvalue weighted by Crippen LogP contribution is -2.27. The fourth-order valence-corrected chi connectivity index (χ4v) is 3.63. The summed E-state index contributed by atoms with van der Waals surface area (Å²) >= 11 is 11.8. The Morgan fingerprint density at radius 1 is 1.12 bits per heavy atom. The molecule has 0 aliphatic carbocycles. The van der Waals surface area contributed by atoms with Gasteiger partial charge in [-0.1, -0.05) is 41.4 Å². The van der Waals surface area contributed by atoms with Crippen LogP contribution in [0.2, 0.25) is 10.0 Å². The molecule has 0 aromatic heterocycles. The van der Waals surface area contributed by atoms with E-state index < -0.39 is 16.0 Å². The van der Waals surface area contributed by atoms with E-state index in [4.69, 9.17) is 23.2 Å². The minimum Gasteiger partial charge on any atom is -0.465 e. The average molecular weight is 388 g/mol. The molecule has 24 heavy (non-hydrogen) atoms. The molecule has 0 heterocycles. The lowest BCUT2D eigenvalue weighted by molar-refractivity contribution is 0.0596. The maximum Gasteiger partial charge on any atom is 0.339 e. The largest absolute Gasteiger partial charge is 0.465 e. The van der Waals surface area contributed by atoms with Gasteiger partial charge < -0.3 is 4.74 Å². The van der Waals surface area contributed by atoms with Crippen molar-refractivity contribution in [2.24, 2.45) is 0 Å². The lowest BCUT2D eigenvalue weighted by atomic mass is 10.1. The van der Waals surface area contributed by atoms with Crippen molar-refractivity contribution >= 4 is 39.2 Å². The topological polar surface area (TPSA) is 72.5 Å². The van der Waals surface area contributed by atoms with Crippen molar-refractivity contribution < 1.29 is 17.9 Å². The second-order valence-electron chi connectivity index (χ2n) is 4.88. The zero-order valence-electron chi connectivity index (χ0n) is 12.8. The van der Waals surface area contributed by atoms with Crippen molar-refractivity contribution in [3.05, 3.63) is 63.6 Å².